The maximum absolute atomic E-state index is 6.50. The summed E-state index contributed by atoms with van der Waals surface area (Å²) >= 11 is 0. The Balaban J connectivity index is -0.00000000500. The first-order valence-electron chi connectivity index (χ1n) is 0.258. The molecule has 4 heavy (non-hydrogen) atoms. The molecule has 0 unspecified atom stereocenters. The Labute approximate surface area is 47.0 Å². The Morgan fingerprint density at radius 3 is 1.25 bits per heavy atom. The summed E-state index contributed by atoms with van der Waals surface area (Å²) in [5, 5.41) is 6.50. The number of rotatable bonds is 0. The van der Waals surface area contributed by atoms with Crippen LogP contribution in [0.4, 0.5) is 0 Å². The zero-order valence-corrected chi connectivity index (χ0v) is 1.52. The van der Waals surface area contributed by atoms with Crippen molar-refractivity contribution in [1.29, 1.82) is 5.26 Å². The summed E-state index contributed by atoms with van der Waals surface area (Å²) in [5.41, 5.74) is 0. The Hall–Kier alpha value is 0.450. The Morgan fingerprint density at radius 1 is 1.25 bits per heavy atom. The summed E-state index contributed by atoms with van der Waals surface area (Å²) in [6.45, 7) is 3.50. The van der Waals surface area contributed by atoms with Gasteiger partial charge in [0.2, 0.25) is 0 Å². The van der Waals surface area contributed by atoms with Gasteiger partial charge in [-0.05, 0) is 0 Å². The van der Waals surface area contributed by atoms with Crippen LogP contribution in [0.1, 0.15) is 0 Å². The van der Waals surface area contributed by atoms with Gasteiger partial charge in [0.15, 0.2) is 0 Å². The van der Waals surface area contributed by atoms with Gasteiger partial charge in [0.05, 0.1) is 0 Å². The van der Waals surface area contributed by atoms with E-state index in [4.69, 9.17) is 5.26 Å². The predicted molar refractivity (Wildman–Crippen MR) is 17.4 cm³/mol. The molecule has 0 aromatic rings. The van der Waals surface area contributed by atoms with Gasteiger partial charge >= 0.3 is 29.6 Å². The zero-order chi connectivity index (χ0) is 2.00. The molecule has 0 saturated heterocycles. The Kier molecular flexibility index (Phi) is 644. The van der Waals surface area contributed by atoms with Crippen LogP contribution in [0.5, 0.6) is 0 Å². The van der Waals surface area contributed by atoms with Gasteiger partial charge in [-0.1, -0.05) is 0 Å². The SMILES string of the molecule is C#N.O.[NaH]. The molecule has 0 rings (SSSR count). The van der Waals surface area contributed by atoms with E-state index in [2.05, 4.69) is 6.57 Å². The maximum atomic E-state index is 6.50. The second-order valence-corrected chi connectivity index (χ2v) is 0. The average molecular weight is 69.0 g/mol. The summed E-state index contributed by atoms with van der Waals surface area (Å²) in [6, 6.07) is 0. The van der Waals surface area contributed by atoms with E-state index >= 15 is 0 Å². The number of nitriles is 1. The van der Waals surface area contributed by atoms with Gasteiger partial charge in [-0.25, -0.2) is 5.26 Å². The van der Waals surface area contributed by atoms with E-state index in [0.717, 1.165) is 0 Å². The van der Waals surface area contributed by atoms with Crippen LogP contribution in [0.3, 0.4) is 0 Å². The molecule has 0 fully saturated rings. The monoisotopic (exact) mass is 69.0 g/mol. The van der Waals surface area contributed by atoms with Gasteiger partial charge in [-0.2, -0.15) is 0 Å². The standard InChI is InChI=1S/CHN.Na.H2O.H/c1-2;;;/h1H;;1H2;. The van der Waals surface area contributed by atoms with Gasteiger partial charge in [0, 0.05) is 6.57 Å². The molecular weight excluding hydrogens is 65.0 g/mol. The van der Waals surface area contributed by atoms with Gasteiger partial charge in [0.25, 0.3) is 0 Å². The molecule has 2 N–H and O–H groups in total. The summed E-state index contributed by atoms with van der Waals surface area (Å²) in [6.07, 6.45) is 0. The van der Waals surface area contributed by atoms with Crippen molar-refractivity contribution in [3.05, 3.63) is 0 Å². The van der Waals surface area contributed by atoms with E-state index in [-0.39, 0.29) is 35.0 Å². The van der Waals surface area contributed by atoms with Crippen molar-refractivity contribution in [3.8, 4) is 6.57 Å². The first kappa shape index (κ1) is 25.2. The van der Waals surface area contributed by atoms with Crippen LogP contribution >= 0.6 is 0 Å². The molecule has 0 aliphatic carbocycles. The molecule has 0 radical (unpaired) electrons. The fraction of sp³-hybridized carbons (Fsp3) is 0. The third-order valence-corrected chi connectivity index (χ3v) is 0. The van der Waals surface area contributed by atoms with Crippen LogP contribution in [-0.4, -0.2) is 35.0 Å². The van der Waals surface area contributed by atoms with Crippen molar-refractivity contribution in [2.45, 2.75) is 0 Å². The third kappa shape index (κ3) is 25.4. The fourth-order valence-corrected chi connectivity index (χ4v) is 0. The van der Waals surface area contributed by atoms with Crippen molar-refractivity contribution in [2.75, 3.05) is 0 Å². The molecule has 0 aliphatic heterocycles. The van der Waals surface area contributed by atoms with Crippen molar-refractivity contribution in [3.63, 3.8) is 0 Å². The molecule has 20 valence electrons. The third-order valence-electron chi connectivity index (χ3n) is 0. The Morgan fingerprint density at radius 2 is 1.25 bits per heavy atom. The topological polar surface area (TPSA) is 55.3 Å². The minimum atomic E-state index is 0. The molecule has 3 heteroatoms. The predicted octanol–water partition coefficient (Wildman–Crippen LogP) is -1.33. The van der Waals surface area contributed by atoms with E-state index in [1.165, 1.54) is 0 Å². The minimum absolute atomic E-state index is 0. The van der Waals surface area contributed by atoms with E-state index in [0.29, 0.717) is 0 Å². The second-order valence-electron chi connectivity index (χ2n) is 0. The molecule has 2 nitrogen and oxygen atoms in total. The van der Waals surface area contributed by atoms with Crippen LogP contribution in [0.25, 0.3) is 0 Å². The number of hydrogen-bond acceptors (Lipinski definition) is 1. The fourth-order valence-electron chi connectivity index (χ4n) is 0. The second kappa shape index (κ2) is 102. The molecule has 0 atom stereocenters. The molecular formula is CH4NNaO. The first-order chi connectivity index (χ1) is 1.00. The summed E-state index contributed by atoms with van der Waals surface area (Å²) in [7, 11) is 0. The van der Waals surface area contributed by atoms with Crippen molar-refractivity contribution in [2.24, 2.45) is 0 Å². The van der Waals surface area contributed by atoms with Crippen molar-refractivity contribution < 1.29 is 5.48 Å². The van der Waals surface area contributed by atoms with E-state index in [9.17, 15) is 0 Å². The van der Waals surface area contributed by atoms with E-state index in [1.54, 1.807) is 0 Å². The molecule has 0 aromatic carbocycles. The van der Waals surface area contributed by atoms with Crippen LogP contribution in [0, 0.1) is 11.8 Å². The molecule has 0 aromatic heterocycles. The van der Waals surface area contributed by atoms with Gasteiger partial charge in [-0.3, -0.25) is 0 Å². The molecule has 0 heterocycles. The average Bonchev–Trinajstić information content (AvgIpc) is 1.00. The van der Waals surface area contributed by atoms with Crippen molar-refractivity contribution in [1.82, 2.24) is 0 Å². The molecule has 0 aliphatic rings. The van der Waals surface area contributed by atoms with Crippen LogP contribution in [-0.2, 0) is 0 Å². The Bertz CT molecular complexity index is 12.8. The van der Waals surface area contributed by atoms with E-state index in [1.807, 2.05) is 0 Å². The van der Waals surface area contributed by atoms with Gasteiger partial charge < -0.3 is 5.48 Å². The van der Waals surface area contributed by atoms with Crippen LogP contribution in [0.15, 0.2) is 0 Å². The molecule has 0 saturated carbocycles. The number of nitrogens with zero attached hydrogens (tertiary/aromatic N) is 1. The molecule has 0 spiro atoms. The van der Waals surface area contributed by atoms with Crippen LogP contribution in [0.2, 0.25) is 0 Å². The normalized spacial score (nSPS) is 0.500. The van der Waals surface area contributed by atoms with Gasteiger partial charge in [0.1, 0.15) is 0 Å². The summed E-state index contributed by atoms with van der Waals surface area (Å²) in [5.74, 6) is 0. The van der Waals surface area contributed by atoms with E-state index < -0.39 is 0 Å². The first-order valence-corrected chi connectivity index (χ1v) is 0.258. The summed E-state index contributed by atoms with van der Waals surface area (Å²) < 4.78 is 0. The van der Waals surface area contributed by atoms with Gasteiger partial charge in [-0.15, -0.1) is 0 Å². The molecule has 0 bridgehead atoms. The number of hydrogen-bond donors (Lipinski definition) is 0. The zero-order valence-electron chi connectivity index (χ0n) is 1.52. The molecule has 0 amide bonds. The van der Waals surface area contributed by atoms with Crippen LogP contribution < -0.4 is 0 Å². The van der Waals surface area contributed by atoms with Crippen molar-refractivity contribution >= 4 is 29.6 Å². The quantitative estimate of drug-likeness (QED) is 0.325. The summed E-state index contributed by atoms with van der Waals surface area (Å²) in [4.78, 5) is 0.